The summed E-state index contributed by atoms with van der Waals surface area (Å²) in [6.45, 7) is 2.68. The third-order valence-electron chi connectivity index (χ3n) is 3.62. The molecule has 6 nitrogen and oxygen atoms in total. The lowest BCUT2D eigenvalue weighted by Gasteiger charge is -2.14. The summed E-state index contributed by atoms with van der Waals surface area (Å²) in [5, 5.41) is 14.7. The summed E-state index contributed by atoms with van der Waals surface area (Å²) >= 11 is 0. The number of alkyl halides is 3. The zero-order valence-electron chi connectivity index (χ0n) is 13.5. The van der Waals surface area contributed by atoms with Crippen LogP contribution >= 0.6 is 0 Å². The minimum Gasteiger partial charge on any atom is -0.481 e. The third kappa shape index (κ3) is 3.98. The van der Waals surface area contributed by atoms with Crippen LogP contribution in [0.15, 0.2) is 30.5 Å². The number of nitrogens with one attached hydrogen (secondary N) is 1. The minimum absolute atomic E-state index is 0.202. The number of hydrogen-bond acceptors (Lipinski definition) is 3. The molecule has 1 aromatic heterocycles. The van der Waals surface area contributed by atoms with Crippen LogP contribution in [0.2, 0.25) is 0 Å². The average molecular weight is 355 g/mol. The zero-order valence-corrected chi connectivity index (χ0v) is 13.5. The smallest absolute Gasteiger partial charge is 0.434 e. The Bertz CT molecular complexity index is 799. The molecular weight excluding hydrogens is 339 g/mol. The number of carboxylic acids is 1. The number of para-hydroxylation sites is 1. The number of benzene rings is 1. The Morgan fingerprint density at radius 2 is 1.96 bits per heavy atom. The number of nitrogens with zero attached hydrogens (tertiary/aromatic N) is 2. The molecular formula is C16H16F3N3O3. The summed E-state index contributed by atoms with van der Waals surface area (Å²) in [6, 6.07) is 6.34. The van der Waals surface area contributed by atoms with E-state index < -0.39 is 35.2 Å². The molecule has 0 bridgehead atoms. The molecule has 0 saturated carbocycles. The molecule has 2 N–H and O–H groups in total. The first-order valence-electron chi connectivity index (χ1n) is 7.35. The van der Waals surface area contributed by atoms with Gasteiger partial charge < -0.3 is 10.4 Å². The topological polar surface area (TPSA) is 84.2 Å². The van der Waals surface area contributed by atoms with E-state index in [2.05, 4.69) is 10.4 Å². The molecule has 0 fully saturated rings. The first kappa shape index (κ1) is 18.5. The van der Waals surface area contributed by atoms with E-state index in [1.165, 1.54) is 13.0 Å². The molecule has 0 aliphatic heterocycles. The SMILES string of the molecule is Cc1ccccc1-n1ncc(C(=O)NCC(C)C(=O)O)c1C(F)(F)F. The van der Waals surface area contributed by atoms with Gasteiger partial charge in [-0.25, -0.2) is 4.68 Å². The van der Waals surface area contributed by atoms with Gasteiger partial charge in [0.1, 0.15) is 0 Å². The molecule has 1 amide bonds. The molecule has 1 aromatic carbocycles. The molecule has 25 heavy (non-hydrogen) atoms. The molecule has 0 aliphatic carbocycles. The van der Waals surface area contributed by atoms with Gasteiger partial charge in [-0.15, -0.1) is 0 Å². The van der Waals surface area contributed by atoms with Crippen molar-refractivity contribution < 1.29 is 27.9 Å². The molecule has 1 atom stereocenters. The Kier molecular flexibility index (Phi) is 5.15. The summed E-state index contributed by atoms with van der Waals surface area (Å²) in [4.78, 5) is 22.9. The van der Waals surface area contributed by atoms with Crippen LogP contribution in [0.3, 0.4) is 0 Å². The van der Waals surface area contributed by atoms with Crippen molar-refractivity contribution in [2.24, 2.45) is 5.92 Å². The molecule has 1 unspecified atom stereocenters. The lowest BCUT2D eigenvalue weighted by Crippen LogP contribution is -2.32. The fourth-order valence-electron chi connectivity index (χ4n) is 2.20. The predicted molar refractivity (Wildman–Crippen MR) is 82.4 cm³/mol. The Balaban J connectivity index is 2.42. The third-order valence-corrected chi connectivity index (χ3v) is 3.62. The summed E-state index contributed by atoms with van der Waals surface area (Å²) in [6.07, 6.45) is -3.99. The maximum absolute atomic E-state index is 13.5. The van der Waals surface area contributed by atoms with E-state index in [9.17, 15) is 22.8 Å². The highest BCUT2D eigenvalue weighted by Gasteiger charge is 2.40. The molecule has 0 aliphatic rings. The van der Waals surface area contributed by atoms with E-state index in [-0.39, 0.29) is 12.2 Å². The van der Waals surface area contributed by atoms with Gasteiger partial charge in [-0.1, -0.05) is 25.1 Å². The molecule has 9 heteroatoms. The normalized spacial score (nSPS) is 12.7. The molecule has 0 saturated heterocycles. The van der Waals surface area contributed by atoms with Crippen LogP contribution in [-0.2, 0) is 11.0 Å². The van der Waals surface area contributed by atoms with Crippen molar-refractivity contribution in [3.05, 3.63) is 47.3 Å². The number of amides is 1. The minimum atomic E-state index is -4.82. The fourth-order valence-corrected chi connectivity index (χ4v) is 2.20. The number of aliphatic carboxylic acids is 1. The highest BCUT2D eigenvalue weighted by molar-refractivity contribution is 5.95. The number of rotatable bonds is 5. The Labute approximate surface area is 141 Å². The van der Waals surface area contributed by atoms with Crippen molar-refractivity contribution >= 4 is 11.9 Å². The van der Waals surface area contributed by atoms with Gasteiger partial charge in [0.15, 0.2) is 5.69 Å². The van der Waals surface area contributed by atoms with Crippen molar-refractivity contribution in [3.63, 3.8) is 0 Å². The van der Waals surface area contributed by atoms with Crippen LogP contribution in [0.4, 0.5) is 13.2 Å². The van der Waals surface area contributed by atoms with Crippen molar-refractivity contribution in [3.8, 4) is 5.69 Å². The summed E-state index contributed by atoms with van der Waals surface area (Å²) in [5.74, 6) is -3.11. The van der Waals surface area contributed by atoms with E-state index >= 15 is 0 Å². The summed E-state index contributed by atoms with van der Waals surface area (Å²) < 4.78 is 41.2. The van der Waals surface area contributed by atoms with Gasteiger partial charge in [0, 0.05) is 6.54 Å². The summed E-state index contributed by atoms with van der Waals surface area (Å²) in [5.41, 5.74) is -1.11. The molecule has 0 radical (unpaired) electrons. The second-order valence-corrected chi connectivity index (χ2v) is 5.55. The van der Waals surface area contributed by atoms with Gasteiger partial charge in [-0.3, -0.25) is 9.59 Å². The monoisotopic (exact) mass is 355 g/mol. The van der Waals surface area contributed by atoms with Crippen molar-refractivity contribution in [2.45, 2.75) is 20.0 Å². The fraction of sp³-hybridized carbons (Fsp3) is 0.312. The van der Waals surface area contributed by atoms with Gasteiger partial charge in [-0.05, 0) is 18.6 Å². The molecule has 0 spiro atoms. The number of carboxylic acid groups (broad SMARTS) is 1. The van der Waals surface area contributed by atoms with Crippen molar-refractivity contribution in [1.29, 1.82) is 0 Å². The van der Waals surface area contributed by atoms with Crippen LogP contribution in [0.5, 0.6) is 0 Å². The highest BCUT2D eigenvalue weighted by Crippen LogP contribution is 2.34. The molecule has 1 heterocycles. The summed E-state index contributed by atoms with van der Waals surface area (Å²) in [7, 11) is 0. The first-order valence-corrected chi connectivity index (χ1v) is 7.35. The van der Waals surface area contributed by atoms with Crippen LogP contribution in [0.25, 0.3) is 5.69 Å². The van der Waals surface area contributed by atoms with Gasteiger partial charge in [-0.2, -0.15) is 18.3 Å². The maximum atomic E-state index is 13.5. The van der Waals surface area contributed by atoms with E-state index in [0.717, 1.165) is 6.20 Å². The molecule has 2 aromatic rings. The quantitative estimate of drug-likeness (QED) is 0.864. The van der Waals surface area contributed by atoms with Gasteiger partial charge in [0.05, 0.1) is 23.4 Å². The molecule has 134 valence electrons. The second-order valence-electron chi connectivity index (χ2n) is 5.55. The van der Waals surface area contributed by atoms with Crippen LogP contribution in [0.1, 0.15) is 28.5 Å². The Morgan fingerprint density at radius 3 is 2.52 bits per heavy atom. The van der Waals surface area contributed by atoms with E-state index in [0.29, 0.717) is 10.2 Å². The zero-order chi connectivity index (χ0) is 18.8. The van der Waals surface area contributed by atoms with Crippen LogP contribution < -0.4 is 5.32 Å². The van der Waals surface area contributed by atoms with Crippen LogP contribution in [-0.4, -0.2) is 33.3 Å². The Morgan fingerprint density at radius 1 is 1.32 bits per heavy atom. The number of carbonyl (C=O) groups excluding carboxylic acids is 1. The Hall–Kier alpha value is -2.84. The van der Waals surface area contributed by atoms with Gasteiger partial charge in [0.2, 0.25) is 0 Å². The van der Waals surface area contributed by atoms with Crippen LogP contribution in [0, 0.1) is 12.8 Å². The number of hydrogen-bond donors (Lipinski definition) is 2. The molecule has 2 rings (SSSR count). The van der Waals surface area contributed by atoms with Gasteiger partial charge in [0.25, 0.3) is 5.91 Å². The highest BCUT2D eigenvalue weighted by atomic mass is 19.4. The number of aromatic nitrogens is 2. The van der Waals surface area contributed by atoms with Gasteiger partial charge >= 0.3 is 12.1 Å². The largest absolute Gasteiger partial charge is 0.481 e. The average Bonchev–Trinajstić information content (AvgIpc) is 2.97. The number of halogens is 3. The van der Waals surface area contributed by atoms with E-state index in [1.807, 2.05) is 0 Å². The van der Waals surface area contributed by atoms with Crippen molar-refractivity contribution in [2.75, 3.05) is 6.54 Å². The standard InChI is InChI=1S/C16H16F3N3O3/c1-9-5-3-4-6-12(9)22-13(16(17,18)19)11(8-21-22)14(23)20-7-10(2)15(24)25/h3-6,8,10H,7H2,1-2H3,(H,20,23)(H,24,25). The van der Waals surface area contributed by atoms with E-state index in [4.69, 9.17) is 5.11 Å². The lowest BCUT2D eigenvalue weighted by molar-refractivity contribution is -0.143. The van der Waals surface area contributed by atoms with E-state index in [1.54, 1.807) is 25.1 Å². The maximum Gasteiger partial charge on any atom is 0.434 e. The predicted octanol–water partition coefficient (Wildman–Crippen LogP) is 2.65. The second kappa shape index (κ2) is 6.96. The number of carbonyl (C=O) groups is 2. The lowest BCUT2D eigenvalue weighted by atomic mass is 10.1. The number of aryl methyl sites for hydroxylation is 1. The first-order chi connectivity index (χ1) is 11.6. The van der Waals surface area contributed by atoms with Crippen molar-refractivity contribution in [1.82, 2.24) is 15.1 Å².